The third kappa shape index (κ3) is 3.27. The normalized spacial score (nSPS) is 11.3. The summed E-state index contributed by atoms with van der Waals surface area (Å²) in [6.45, 7) is 0. The predicted molar refractivity (Wildman–Crippen MR) is 74.3 cm³/mol. The maximum absolute atomic E-state index is 12.1. The third-order valence-corrected chi connectivity index (χ3v) is 4.40. The molecule has 5 nitrogen and oxygen atoms in total. The minimum Gasteiger partial charge on any atom is -0.276 e. The van der Waals surface area contributed by atoms with Gasteiger partial charge in [-0.25, -0.2) is 18.4 Å². The molecule has 0 bridgehead atoms. The van der Waals surface area contributed by atoms with E-state index < -0.39 is 10.0 Å². The van der Waals surface area contributed by atoms with Crippen molar-refractivity contribution in [3.63, 3.8) is 0 Å². The Hall–Kier alpha value is -1.08. The van der Waals surface area contributed by atoms with Crippen molar-refractivity contribution in [1.82, 2.24) is 9.97 Å². The predicted octanol–water partition coefficient (Wildman–Crippen LogP) is 3.24. The molecule has 19 heavy (non-hydrogen) atoms. The first-order chi connectivity index (χ1) is 8.90. The first kappa shape index (κ1) is 14.3. The van der Waals surface area contributed by atoms with Gasteiger partial charge in [0.2, 0.25) is 0 Å². The lowest BCUT2D eigenvalue weighted by molar-refractivity contribution is 0.601. The molecule has 2 aromatic rings. The minimum atomic E-state index is -3.86. The second-order valence-corrected chi connectivity index (χ2v) is 6.20. The molecule has 0 aliphatic heterocycles. The third-order valence-electron chi connectivity index (χ3n) is 2.08. The van der Waals surface area contributed by atoms with E-state index in [9.17, 15) is 8.42 Å². The fourth-order valence-electron chi connectivity index (χ4n) is 1.22. The van der Waals surface area contributed by atoms with Crippen molar-refractivity contribution >= 4 is 50.5 Å². The Bertz CT molecular complexity index is 722. The molecular formula is C10H6Cl3N3O2S. The number of anilines is 1. The maximum Gasteiger partial charge on any atom is 0.263 e. The van der Waals surface area contributed by atoms with Gasteiger partial charge in [-0.05, 0) is 18.2 Å². The van der Waals surface area contributed by atoms with Gasteiger partial charge < -0.3 is 0 Å². The molecule has 0 aliphatic rings. The van der Waals surface area contributed by atoms with Gasteiger partial charge in [-0.15, -0.1) is 0 Å². The number of nitrogens with zero attached hydrogens (tertiary/aromatic N) is 2. The summed E-state index contributed by atoms with van der Waals surface area (Å²) >= 11 is 17.1. The number of aromatic nitrogens is 2. The summed E-state index contributed by atoms with van der Waals surface area (Å²) in [5.41, 5.74) is 0.162. The number of sulfonamides is 1. The zero-order chi connectivity index (χ0) is 14.0. The van der Waals surface area contributed by atoms with E-state index >= 15 is 0 Å². The molecule has 0 spiro atoms. The molecule has 2 rings (SSSR count). The van der Waals surface area contributed by atoms with Crippen LogP contribution in [0.3, 0.4) is 0 Å². The molecule has 2 heterocycles. The maximum atomic E-state index is 12.1. The van der Waals surface area contributed by atoms with E-state index in [-0.39, 0.29) is 25.9 Å². The highest BCUT2D eigenvalue weighted by Gasteiger charge is 2.17. The van der Waals surface area contributed by atoms with Crippen molar-refractivity contribution in [3.05, 3.63) is 45.9 Å². The lowest BCUT2D eigenvalue weighted by atomic mass is 10.4. The van der Waals surface area contributed by atoms with Crippen molar-refractivity contribution in [2.45, 2.75) is 4.90 Å². The lowest BCUT2D eigenvalue weighted by Gasteiger charge is -2.09. The Morgan fingerprint density at radius 1 is 1.11 bits per heavy atom. The van der Waals surface area contributed by atoms with Gasteiger partial charge >= 0.3 is 0 Å². The van der Waals surface area contributed by atoms with Crippen LogP contribution in [0.5, 0.6) is 0 Å². The second-order valence-electron chi connectivity index (χ2n) is 3.39. The van der Waals surface area contributed by atoms with Crippen LogP contribution < -0.4 is 4.72 Å². The standard InChI is InChI=1S/C10H6Cl3N3O2S/c11-7-4-6(5-15-9(7)12)19(17,18)16-8-2-1-3-14-10(8)13/h1-5,16H. The molecule has 100 valence electrons. The summed E-state index contributed by atoms with van der Waals surface area (Å²) in [5.74, 6) is 0. The fraction of sp³-hybridized carbons (Fsp3) is 0. The Kier molecular flexibility index (Phi) is 4.15. The van der Waals surface area contributed by atoms with E-state index in [0.717, 1.165) is 6.20 Å². The van der Waals surface area contributed by atoms with Crippen LogP contribution in [-0.2, 0) is 10.0 Å². The molecule has 2 aromatic heterocycles. The van der Waals surface area contributed by atoms with E-state index in [1.807, 2.05) is 0 Å². The molecule has 0 saturated heterocycles. The number of hydrogen-bond acceptors (Lipinski definition) is 4. The zero-order valence-corrected chi connectivity index (χ0v) is 12.2. The van der Waals surface area contributed by atoms with Crippen molar-refractivity contribution in [2.24, 2.45) is 0 Å². The van der Waals surface area contributed by atoms with Crippen LogP contribution in [0, 0.1) is 0 Å². The van der Waals surface area contributed by atoms with Gasteiger partial charge in [0.1, 0.15) is 10.0 Å². The quantitative estimate of drug-likeness (QED) is 0.872. The number of nitrogens with one attached hydrogen (secondary N) is 1. The van der Waals surface area contributed by atoms with Crippen molar-refractivity contribution in [3.8, 4) is 0 Å². The highest BCUT2D eigenvalue weighted by molar-refractivity contribution is 7.92. The van der Waals surface area contributed by atoms with Crippen LogP contribution in [-0.4, -0.2) is 18.4 Å². The molecule has 0 unspecified atom stereocenters. The molecule has 0 aromatic carbocycles. The van der Waals surface area contributed by atoms with Gasteiger partial charge in [0.15, 0.2) is 5.15 Å². The van der Waals surface area contributed by atoms with Crippen LogP contribution in [0.4, 0.5) is 5.69 Å². The highest BCUT2D eigenvalue weighted by Crippen LogP contribution is 2.25. The topological polar surface area (TPSA) is 72.0 Å². The number of pyridine rings is 2. The van der Waals surface area contributed by atoms with Crippen LogP contribution >= 0.6 is 34.8 Å². The molecule has 0 saturated carbocycles. The lowest BCUT2D eigenvalue weighted by Crippen LogP contribution is -2.13. The van der Waals surface area contributed by atoms with Crippen LogP contribution in [0.2, 0.25) is 15.3 Å². The Labute approximate surface area is 124 Å². The average Bonchev–Trinajstić information content (AvgIpc) is 2.35. The van der Waals surface area contributed by atoms with E-state index in [1.165, 1.54) is 18.3 Å². The summed E-state index contributed by atoms with van der Waals surface area (Å²) in [7, 11) is -3.86. The molecule has 0 atom stereocenters. The van der Waals surface area contributed by atoms with Crippen LogP contribution in [0.1, 0.15) is 0 Å². The van der Waals surface area contributed by atoms with Crippen molar-refractivity contribution < 1.29 is 8.42 Å². The second kappa shape index (κ2) is 5.50. The summed E-state index contributed by atoms with van der Waals surface area (Å²) in [5, 5.41) is 0.112. The largest absolute Gasteiger partial charge is 0.276 e. The molecular weight excluding hydrogens is 333 g/mol. The molecule has 0 radical (unpaired) electrons. The summed E-state index contributed by atoms with van der Waals surface area (Å²) in [6.07, 6.45) is 2.54. The minimum absolute atomic E-state index is 0.0278. The van der Waals surface area contributed by atoms with Crippen molar-refractivity contribution in [1.29, 1.82) is 0 Å². The first-order valence-electron chi connectivity index (χ1n) is 4.84. The van der Waals surface area contributed by atoms with Crippen LogP contribution in [0.15, 0.2) is 35.5 Å². The first-order valence-corrected chi connectivity index (χ1v) is 7.46. The number of hydrogen-bond donors (Lipinski definition) is 1. The summed E-state index contributed by atoms with van der Waals surface area (Å²) in [4.78, 5) is 7.32. The van der Waals surface area contributed by atoms with Gasteiger partial charge in [-0.1, -0.05) is 34.8 Å². The van der Waals surface area contributed by atoms with Gasteiger partial charge in [0, 0.05) is 12.4 Å². The van der Waals surface area contributed by atoms with Crippen molar-refractivity contribution in [2.75, 3.05) is 4.72 Å². The van der Waals surface area contributed by atoms with Gasteiger partial charge in [-0.2, -0.15) is 0 Å². The molecule has 1 N–H and O–H groups in total. The monoisotopic (exact) mass is 337 g/mol. The molecule has 0 aliphatic carbocycles. The zero-order valence-electron chi connectivity index (χ0n) is 9.14. The van der Waals surface area contributed by atoms with E-state index in [1.54, 1.807) is 6.07 Å². The van der Waals surface area contributed by atoms with Gasteiger partial charge in [0.25, 0.3) is 10.0 Å². The number of rotatable bonds is 3. The van der Waals surface area contributed by atoms with E-state index in [4.69, 9.17) is 34.8 Å². The van der Waals surface area contributed by atoms with E-state index in [0.29, 0.717) is 0 Å². The Balaban J connectivity index is 2.38. The van der Waals surface area contributed by atoms with Gasteiger partial charge in [-0.3, -0.25) is 4.72 Å². The SMILES string of the molecule is O=S(=O)(Nc1cccnc1Cl)c1cnc(Cl)c(Cl)c1. The van der Waals surface area contributed by atoms with E-state index in [2.05, 4.69) is 14.7 Å². The summed E-state index contributed by atoms with van der Waals surface area (Å²) in [6, 6.07) is 4.23. The van der Waals surface area contributed by atoms with Crippen LogP contribution in [0.25, 0.3) is 0 Å². The number of halogens is 3. The Morgan fingerprint density at radius 3 is 2.47 bits per heavy atom. The summed E-state index contributed by atoms with van der Waals surface area (Å²) < 4.78 is 26.4. The molecule has 9 heteroatoms. The van der Waals surface area contributed by atoms with Gasteiger partial charge in [0.05, 0.1) is 10.7 Å². The molecule has 0 fully saturated rings. The Morgan fingerprint density at radius 2 is 1.84 bits per heavy atom. The fourth-order valence-corrected chi connectivity index (χ4v) is 2.81. The molecule has 0 amide bonds. The highest BCUT2D eigenvalue weighted by atomic mass is 35.5. The smallest absolute Gasteiger partial charge is 0.263 e. The average molecular weight is 339 g/mol.